The molecule has 0 aromatic carbocycles. The number of carbonyl (C=O) groups excluding carboxylic acids is 2. The first-order valence-corrected chi connectivity index (χ1v) is 7.22. The van der Waals surface area contributed by atoms with Crippen LogP contribution in [0.15, 0.2) is 6.07 Å². The Bertz CT molecular complexity index is 512. The van der Waals surface area contributed by atoms with Crippen molar-refractivity contribution in [2.24, 2.45) is 0 Å². The van der Waals surface area contributed by atoms with Gasteiger partial charge in [-0.15, -0.1) is 0 Å². The fourth-order valence-corrected chi connectivity index (χ4v) is 2.22. The Labute approximate surface area is 124 Å². The average molecular weight is 291 g/mol. The minimum atomic E-state index is -0.171. The highest BCUT2D eigenvalue weighted by Crippen LogP contribution is 2.15. The molecule has 1 aliphatic heterocycles. The van der Waals surface area contributed by atoms with E-state index in [4.69, 9.17) is 0 Å². The lowest BCUT2D eigenvalue weighted by atomic mass is 10.3. The number of nitrogens with zero attached hydrogens (tertiary/aromatic N) is 4. The van der Waals surface area contributed by atoms with Crippen molar-refractivity contribution < 1.29 is 9.59 Å². The number of carbonyl (C=O) groups is 2. The van der Waals surface area contributed by atoms with Gasteiger partial charge in [0.25, 0.3) is 5.91 Å². The molecule has 0 spiro atoms. The molecule has 7 nitrogen and oxygen atoms in total. The monoisotopic (exact) mass is 291 g/mol. The third-order valence-corrected chi connectivity index (χ3v) is 3.38. The van der Waals surface area contributed by atoms with Gasteiger partial charge in [-0.05, 0) is 13.3 Å². The predicted molar refractivity (Wildman–Crippen MR) is 79.2 cm³/mol. The zero-order valence-corrected chi connectivity index (χ0v) is 12.5. The Morgan fingerprint density at radius 3 is 2.67 bits per heavy atom. The van der Waals surface area contributed by atoms with Crippen LogP contribution >= 0.6 is 0 Å². The standard InChI is InChI=1S/C14H21N5O2/c1-3-4-15-14(21)12-9-13(17-11(2)16-12)19-7-5-18(10-20)6-8-19/h9-10H,3-8H2,1-2H3,(H,15,21). The van der Waals surface area contributed by atoms with Gasteiger partial charge in [0.1, 0.15) is 17.3 Å². The first kappa shape index (κ1) is 15.2. The Balaban J connectivity index is 2.11. The molecule has 0 radical (unpaired) electrons. The Morgan fingerprint density at radius 1 is 1.33 bits per heavy atom. The summed E-state index contributed by atoms with van der Waals surface area (Å²) in [6.45, 7) is 7.19. The van der Waals surface area contributed by atoms with Crippen molar-refractivity contribution in [2.45, 2.75) is 20.3 Å². The second-order valence-electron chi connectivity index (χ2n) is 5.04. The molecule has 1 fully saturated rings. The zero-order valence-electron chi connectivity index (χ0n) is 12.5. The molecular weight excluding hydrogens is 270 g/mol. The van der Waals surface area contributed by atoms with E-state index in [9.17, 15) is 9.59 Å². The minimum absolute atomic E-state index is 0.171. The van der Waals surface area contributed by atoms with Crippen molar-refractivity contribution in [3.05, 3.63) is 17.6 Å². The van der Waals surface area contributed by atoms with E-state index in [1.165, 1.54) is 0 Å². The summed E-state index contributed by atoms with van der Waals surface area (Å²) in [5.74, 6) is 1.15. The van der Waals surface area contributed by atoms with E-state index >= 15 is 0 Å². The molecule has 1 aromatic rings. The van der Waals surface area contributed by atoms with Gasteiger partial charge in [0.15, 0.2) is 0 Å². The van der Waals surface area contributed by atoms with Crippen LogP contribution in [0, 0.1) is 6.92 Å². The Morgan fingerprint density at radius 2 is 2.05 bits per heavy atom. The molecule has 0 saturated carbocycles. The molecule has 1 N–H and O–H groups in total. The van der Waals surface area contributed by atoms with Gasteiger partial charge in [-0.1, -0.05) is 6.92 Å². The molecule has 0 bridgehead atoms. The summed E-state index contributed by atoms with van der Waals surface area (Å²) >= 11 is 0. The molecule has 1 aliphatic rings. The van der Waals surface area contributed by atoms with Crippen molar-refractivity contribution in [3.63, 3.8) is 0 Å². The summed E-state index contributed by atoms with van der Waals surface area (Å²) in [7, 11) is 0. The zero-order chi connectivity index (χ0) is 15.2. The van der Waals surface area contributed by atoms with Crippen molar-refractivity contribution in [1.82, 2.24) is 20.2 Å². The highest BCUT2D eigenvalue weighted by molar-refractivity contribution is 5.92. The average Bonchev–Trinajstić information content (AvgIpc) is 2.52. The first-order valence-electron chi connectivity index (χ1n) is 7.22. The van der Waals surface area contributed by atoms with Crippen molar-refractivity contribution in [2.75, 3.05) is 37.6 Å². The summed E-state index contributed by atoms with van der Waals surface area (Å²) < 4.78 is 0. The number of hydrogen-bond acceptors (Lipinski definition) is 5. The van der Waals surface area contributed by atoms with Crippen LogP contribution in [0.5, 0.6) is 0 Å². The van der Waals surface area contributed by atoms with Crippen LogP contribution < -0.4 is 10.2 Å². The van der Waals surface area contributed by atoms with Crippen LogP contribution in [0.1, 0.15) is 29.7 Å². The summed E-state index contributed by atoms with van der Waals surface area (Å²) in [4.78, 5) is 35.2. The van der Waals surface area contributed by atoms with Gasteiger partial charge in [0.05, 0.1) is 0 Å². The van der Waals surface area contributed by atoms with E-state index in [1.807, 2.05) is 6.92 Å². The summed E-state index contributed by atoms with van der Waals surface area (Å²) in [5, 5.41) is 2.82. The van der Waals surface area contributed by atoms with Crippen LogP contribution in [0.2, 0.25) is 0 Å². The fraction of sp³-hybridized carbons (Fsp3) is 0.571. The van der Waals surface area contributed by atoms with Gasteiger partial charge in [0, 0.05) is 38.8 Å². The second kappa shape index (κ2) is 7.01. The Hall–Kier alpha value is -2.18. The maximum atomic E-state index is 12.0. The maximum absolute atomic E-state index is 12.0. The van der Waals surface area contributed by atoms with E-state index in [0.29, 0.717) is 44.2 Å². The molecule has 1 aromatic heterocycles. The lowest BCUT2D eigenvalue weighted by Crippen LogP contribution is -2.46. The van der Waals surface area contributed by atoms with Gasteiger partial charge in [-0.3, -0.25) is 9.59 Å². The number of hydrogen-bond donors (Lipinski definition) is 1. The highest BCUT2D eigenvalue weighted by atomic mass is 16.2. The molecular formula is C14H21N5O2. The van der Waals surface area contributed by atoms with Crippen molar-refractivity contribution in [1.29, 1.82) is 0 Å². The van der Waals surface area contributed by atoms with Gasteiger partial charge < -0.3 is 15.1 Å². The van der Waals surface area contributed by atoms with Crippen LogP contribution in [-0.2, 0) is 4.79 Å². The molecule has 1 saturated heterocycles. The number of aromatic nitrogens is 2. The van der Waals surface area contributed by atoms with Crippen LogP contribution in [0.25, 0.3) is 0 Å². The van der Waals surface area contributed by atoms with Gasteiger partial charge in [-0.25, -0.2) is 9.97 Å². The third-order valence-electron chi connectivity index (χ3n) is 3.38. The van der Waals surface area contributed by atoms with E-state index in [1.54, 1.807) is 17.9 Å². The quantitative estimate of drug-likeness (QED) is 0.784. The molecule has 7 heteroatoms. The predicted octanol–water partition coefficient (Wildman–Crippen LogP) is 0.203. The maximum Gasteiger partial charge on any atom is 0.270 e. The van der Waals surface area contributed by atoms with E-state index < -0.39 is 0 Å². The molecule has 2 heterocycles. The summed E-state index contributed by atoms with van der Waals surface area (Å²) in [6.07, 6.45) is 1.75. The van der Waals surface area contributed by atoms with Gasteiger partial charge >= 0.3 is 0 Å². The number of nitrogens with one attached hydrogen (secondary N) is 1. The summed E-state index contributed by atoms with van der Waals surface area (Å²) in [6, 6.07) is 1.72. The normalized spacial score (nSPS) is 15.0. The summed E-state index contributed by atoms with van der Waals surface area (Å²) in [5.41, 5.74) is 0.392. The molecule has 0 unspecified atom stereocenters. The van der Waals surface area contributed by atoms with E-state index in [2.05, 4.69) is 20.2 Å². The molecule has 0 atom stereocenters. The molecule has 21 heavy (non-hydrogen) atoms. The Kier molecular flexibility index (Phi) is 5.08. The minimum Gasteiger partial charge on any atom is -0.353 e. The largest absolute Gasteiger partial charge is 0.353 e. The van der Waals surface area contributed by atoms with E-state index in [-0.39, 0.29) is 5.91 Å². The fourth-order valence-electron chi connectivity index (χ4n) is 2.22. The van der Waals surface area contributed by atoms with Gasteiger partial charge in [-0.2, -0.15) is 0 Å². The number of amides is 2. The van der Waals surface area contributed by atoms with Gasteiger partial charge in [0.2, 0.25) is 6.41 Å². The number of aryl methyl sites for hydroxylation is 1. The number of piperazine rings is 1. The lowest BCUT2D eigenvalue weighted by Gasteiger charge is -2.33. The second-order valence-corrected chi connectivity index (χ2v) is 5.04. The topological polar surface area (TPSA) is 78.4 Å². The number of anilines is 1. The highest BCUT2D eigenvalue weighted by Gasteiger charge is 2.19. The molecule has 0 aliphatic carbocycles. The number of rotatable bonds is 5. The third kappa shape index (κ3) is 3.90. The van der Waals surface area contributed by atoms with Crippen LogP contribution in [0.3, 0.4) is 0 Å². The first-order chi connectivity index (χ1) is 10.1. The SMILES string of the molecule is CCCNC(=O)c1cc(N2CCN(C=O)CC2)nc(C)n1. The van der Waals surface area contributed by atoms with Crippen LogP contribution in [-0.4, -0.2) is 59.9 Å². The van der Waals surface area contributed by atoms with Crippen molar-refractivity contribution in [3.8, 4) is 0 Å². The lowest BCUT2D eigenvalue weighted by molar-refractivity contribution is -0.118. The van der Waals surface area contributed by atoms with Crippen LogP contribution in [0.4, 0.5) is 5.82 Å². The molecule has 2 rings (SSSR count). The molecule has 114 valence electrons. The molecule has 2 amide bonds. The van der Waals surface area contributed by atoms with E-state index in [0.717, 1.165) is 18.6 Å². The smallest absolute Gasteiger partial charge is 0.270 e. The van der Waals surface area contributed by atoms with Crippen molar-refractivity contribution >= 4 is 18.1 Å².